The van der Waals surface area contributed by atoms with Gasteiger partial charge in [-0.15, -0.1) is 0 Å². The number of carbonyl (C=O) groups is 1. The zero-order valence-corrected chi connectivity index (χ0v) is 11.4. The van der Waals surface area contributed by atoms with Crippen molar-refractivity contribution in [3.8, 4) is 0 Å². The molecule has 1 aromatic rings. The van der Waals surface area contributed by atoms with E-state index in [1.807, 2.05) is 19.0 Å². The van der Waals surface area contributed by atoms with Gasteiger partial charge in [-0.05, 0) is 26.2 Å². The summed E-state index contributed by atoms with van der Waals surface area (Å²) < 4.78 is 5.04. The number of nitrogens with zero attached hydrogens (tertiary/aromatic N) is 1. The van der Waals surface area contributed by atoms with Gasteiger partial charge in [0.1, 0.15) is 6.61 Å². The van der Waals surface area contributed by atoms with E-state index in [1.165, 1.54) is 6.07 Å². The van der Waals surface area contributed by atoms with Gasteiger partial charge in [0.25, 0.3) is 0 Å². The molecule has 0 fully saturated rings. The van der Waals surface area contributed by atoms with Gasteiger partial charge < -0.3 is 15.0 Å². The minimum Gasteiger partial charge on any atom is -0.464 e. The highest BCUT2D eigenvalue weighted by Gasteiger charge is 2.03. The van der Waals surface area contributed by atoms with Crippen LogP contribution in [-0.4, -0.2) is 44.7 Å². The van der Waals surface area contributed by atoms with Crippen LogP contribution in [0.2, 0.25) is 0 Å². The predicted molar refractivity (Wildman–Crippen MR) is 75.3 cm³/mol. The van der Waals surface area contributed by atoms with Crippen molar-refractivity contribution >= 4 is 11.7 Å². The van der Waals surface area contributed by atoms with Crippen LogP contribution in [0.4, 0.5) is 5.69 Å². The molecule has 1 rings (SSSR count). The first kappa shape index (κ1) is 15.2. The molecule has 19 heavy (non-hydrogen) atoms. The molecule has 0 aliphatic carbocycles. The number of carbonyl (C=O) groups excluding carboxylic acids is 1. The van der Waals surface area contributed by atoms with Gasteiger partial charge in [-0.1, -0.05) is 18.2 Å². The Morgan fingerprint density at radius 2 is 2.00 bits per heavy atom. The molecule has 1 aromatic carbocycles. The largest absolute Gasteiger partial charge is 0.464 e. The van der Waals surface area contributed by atoms with E-state index in [-0.39, 0.29) is 17.8 Å². The fraction of sp³-hybridized carbons (Fsp3) is 0.429. The third kappa shape index (κ3) is 6.57. The highest BCUT2D eigenvalue weighted by molar-refractivity contribution is 5.70. The average molecular weight is 264 g/mol. The average Bonchev–Trinajstić information content (AvgIpc) is 2.54. The molecule has 0 aromatic heterocycles. The Morgan fingerprint density at radius 3 is 2.74 bits per heavy atom. The summed E-state index contributed by atoms with van der Waals surface area (Å²) in [7, 11) is 3.83. The number of rotatable bonds is 7. The quantitative estimate of drug-likeness (QED) is 0.743. The van der Waals surface area contributed by atoms with Gasteiger partial charge in [0.05, 0.1) is 12.1 Å². The van der Waals surface area contributed by atoms with Gasteiger partial charge in [-0.2, -0.15) is 0 Å². The van der Waals surface area contributed by atoms with Crippen LogP contribution >= 0.6 is 0 Å². The van der Waals surface area contributed by atoms with Crippen molar-refractivity contribution in [3.05, 3.63) is 40.6 Å². The standard InChI is InChI=1S/C14H20N2O3/c1-16(2)10-11-19-14(18)8-9-15-12-6-4-3-5-7-13(12)17/h3-7H,8-11H2,1-2H3,(H,15,17). The number of nitrogens with one attached hydrogen (secondary N) is 1. The molecule has 0 spiro atoms. The van der Waals surface area contributed by atoms with Crippen molar-refractivity contribution in [2.24, 2.45) is 0 Å². The van der Waals surface area contributed by atoms with E-state index in [0.29, 0.717) is 25.4 Å². The van der Waals surface area contributed by atoms with Crippen molar-refractivity contribution in [2.75, 3.05) is 39.1 Å². The second-order valence-corrected chi connectivity index (χ2v) is 4.39. The van der Waals surface area contributed by atoms with Crippen molar-refractivity contribution in [3.63, 3.8) is 0 Å². The Hall–Kier alpha value is -1.88. The summed E-state index contributed by atoms with van der Waals surface area (Å²) in [6.07, 6.45) is 0.242. The zero-order chi connectivity index (χ0) is 14.1. The Kier molecular flexibility index (Phi) is 6.60. The fourth-order valence-corrected chi connectivity index (χ4v) is 1.39. The molecule has 0 saturated heterocycles. The Morgan fingerprint density at radius 1 is 1.26 bits per heavy atom. The van der Waals surface area contributed by atoms with Crippen molar-refractivity contribution in [1.82, 2.24) is 4.90 Å². The molecule has 0 aliphatic heterocycles. The van der Waals surface area contributed by atoms with E-state index in [4.69, 9.17) is 4.74 Å². The van der Waals surface area contributed by atoms with Crippen LogP contribution in [0.3, 0.4) is 0 Å². The first-order valence-corrected chi connectivity index (χ1v) is 6.23. The van der Waals surface area contributed by atoms with Gasteiger partial charge in [0.2, 0.25) is 5.43 Å². The van der Waals surface area contributed by atoms with Crippen LogP contribution in [0.25, 0.3) is 0 Å². The molecule has 0 atom stereocenters. The molecule has 0 heterocycles. The lowest BCUT2D eigenvalue weighted by atomic mass is 10.3. The van der Waals surface area contributed by atoms with E-state index < -0.39 is 0 Å². The minimum atomic E-state index is -0.262. The topological polar surface area (TPSA) is 58.6 Å². The summed E-state index contributed by atoms with van der Waals surface area (Å²) >= 11 is 0. The van der Waals surface area contributed by atoms with E-state index in [0.717, 1.165) is 0 Å². The van der Waals surface area contributed by atoms with Crippen LogP contribution < -0.4 is 10.7 Å². The number of hydrogen-bond acceptors (Lipinski definition) is 5. The van der Waals surface area contributed by atoms with Crippen LogP contribution in [0.1, 0.15) is 6.42 Å². The molecule has 0 bridgehead atoms. The van der Waals surface area contributed by atoms with Gasteiger partial charge in [-0.25, -0.2) is 0 Å². The molecule has 5 nitrogen and oxygen atoms in total. The minimum absolute atomic E-state index is 0.0917. The van der Waals surface area contributed by atoms with Gasteiger partial charge >= 0.3 is 5.97 Å². The van der Waals surface area contributed by atoms with Crippen LogP contribution in [0.5, 0.6) is 0 Å². The third-order valence-corrected chi connectivity index (χ3v) is 2.44. The summed E-state index contributed by atoms with van der Waals surface area (Å²) in [5.41, 5.74) is 0.400. The maximum Gasteiger partial charge on any atom is 0.307 e. The number of anilines is 1. The predicted octanol–water partition coefficient (Wildman–Crippen LogP) is 0.954. The summed E-state index contributed by atoms with van der Waals surface area (Å²) in [6.45, 7) is 1.48. The number of esters is 1. The number of ether oxygens (including phenoxy) is 1. The summed E-state index contributed by atoms with van der Waals surface area (Å²) in [5.74, 6) is -0.262. The van der Waals surface area contributed by atoms with E-state index in [9.17, 15) is 9.59 Å². The molecular formula is C14H20N2O3. The third-order valence-electron chi connectivity index (χ3n) is 2.44. The molecular weight excluding hydrogens is 244 g/mol. The lowest BCUT2D eigenvalue weighted by Crippen LogP contribution is -2.21. The van der Waals surface area contributed by atoms with E-state index in [1.54, 1.807) is 24.3 Å². The Labute approximate surface area is 113 Å². The molecule has 0 amide bonds. The van der Waals surface area contributed by atoms with Crippen LogP contribution in [0, 0.1) is 0 Å². The summed E-state index contributed by atoms with van der Waals surface area (Å²) in [6, 6.07) is 8.42. The van der Waals surface area contributed by atoms with E-state index in [2.05, 4.69) is 5.32 Å². The highest BCUT2D eigenvalue weighted by Crippen LogP contribution is 1.97. The first-order valence-electron chi connectivity index (χ1n) is 6.23. The smallest absolute Gasteiger partial charge is 0.307 e. The van der Waals surface area contributed by atoms with E-state index >= 15 is 0 Å². The summed E-state index contributed by atoms with van der Waals surface area (Å²) in [4.78, 5) is 24.9. The van der Waals surface area contributed by atoms with Gasteiger partial charge in [0, 0.05) is 13.1 Å². The fourth-order valence-electron chi connectivity index (χ4n) is 1.39. The molecule has 5 heteroatoms. The van der Waals surface area contributed by atoms with Crippen molar-refractivity contribution in [2.45, 2.75) is 6.42 Å². The second-order valence-electron chi connectivity index (χ2n) is 4.39. The van der Waals surface area contributed by atoms with Crippen LogP contribution in [-0.2, 0) is 9.53 Å². The second kappa shape index (κ2) is 8.26. The maximum atomic E-state index is 11.6. The maximum absolute atomic E-state index is 11.6. The van der Waals surface area contributed by atoms with Crippen LogP contribution in [0.15, 0.2) is 35.1 Å². The highest BCUT2D eigenvalue weighted by atomic mass is 16.5. The van der Waals surface area contributed by atoms with Crippen molar-refractivity contribution in [1.29, 1.82) is 0 Å². The SMILES string of the molecule is CN(C)CCOC(=O)CCNc1cccccc1=O. The van der Waals surface area contributed by atoms with Gasteiger partial charge in [0.15, 0.2) is 0 Å². The lowest BCUT2D eigenvalue weighted by molar-refractivity contribution is -0.143. The number of likely N-dealkylation sites (N-methyl/N-ethyl adjacent to an activating group) is 1. The first-order chi connectivity index (χ1) is 9.09. The molecule has 0 unspecified atom stereocenters. The zero-order valence-electron chi connectivity index (χ0n) is 11.4. The molecule has 104 valence electrons. The van der Waals surface area contributed by atoms with Gasteiger partial charge in [-0.3, -0.25) is 9.59 Å². The lowest BCUT2D eigenvalue weighted by Gasteiger charge is -2.10. The molecule has 0 aliphatic rings. The monoisotopic (exact) mass is 264 g/mol. The molecule has 0 saturated carbocycles. The normalized spacial score (nSPS) is 10.3. The summed E-state index contributed by atoms with van der Waals surface area (Å²) in [5, 5.41) is 2.94. The Bertz CT molecular complexity index is 460. The molecule has 1 N–H and O–H groups in total. The molecule has 0 radical (unpaired) electrons. The van der Waals surface area contributed by atoms with Crippen molar-refractivity contribution < 1.29 is 9.53 Å². The Balaban J connectivity index is 2.29. The number of hydrogen-bond donors (Lipinski definition) is 1.